The van der Waals surface area contributed by atoms with Crippen LogP contribution in [0.25, 0.3) is 5.69 Å². The molecule has 1 heterocycles. The molecule has 0 bridgehead atoms. The molecule has 2 atom stereocenters. The van der Waals surface area contributed by atoms with Crippen molar-refractivity contribution in [3.05, 3.63) is 72.6 Å². The van der Waals surface area contributed by atoms with E-state index >= 15 is 0 Å². The Bertz CT molecular complexity index is 945. The Balaban J connectivity index is 0.00000341. The van der Waals surface area contributed by atoms with Crippen molar-refractivity contribution in [2.24, 2.45) is 4.99 Å². The normalized spacial score (nSPS) is 13.0. The van der Waals surface area contributed by atoms with Crippen molar-refractivity contribution in [1.29, 1.82) is 0 Å². The van der Waals surface area contributed by atoms with E-state index in [0.29, 0.717) is 6.54 Å². The van der Waals surface area contributed by atoms with Crippen LogP contribution in [0.5, 0.6) is 11.5 Å². The Morgan fingerprint density at radius 1 is 1.10 bits per heavy atom. The van der Waals surface area contributed by atoms with Crippen LogP contribution in [0.1, 0.15) is 25.5 Å². The molecule has 0 saturated carbocycles. The first-order valence-electron chi connectivity index (χ1n) is 9.97. The number of guanidine groups is 1. The van der Waals surface area contributed by atoms with E-state index in [9.17, 15) is 0 Å². The zero-order chi connectivity index (χ0) is 21.3. The highest BCUT2D eigenvalue weighted by molar-refractivity contribution is 14.0. The van der Waals surface area contributed by atoms with Gasteiger partial charge >= 0.3 is 0 Å². The summed E-state index contributed by atoms with van der Waals surface area (Å²) in [6, 6.07) is 17.8. The van der Waals surface area contributed by atoms with Crippen molar-refractivity contribution in [1.82, 2.24) is 20.4 Å². The van der Waals surface area contributed by atoms with Crippen LogP contribution in [0.2, 0.25) is 0 Å². The zero-order valence-electron chi connectivity index (χ0n) is 18.3. The van der Waals surface area contributed by atoms with Gasteiger partial charge in [-0.3, -0.25) is 4.99 Å². The van der Waals surface area contributed by atoms with Gasteiger partial charge in [-0.15, -0.1) is 24.0 Å². The van der Waals surface area contributed by atoms with Crippen LogP contribution in [0, 0.1) is 0 Å². The number of methoxy groups -OCH3 is 1. The van der Waals surface area contributed by atoms with E-state index in [0.717, 1.165) is 28.7 Å². The number of benzene rings is 2. The van der Waals surface area contributed by atoms with Crippen molar-refractivity contribution < 1.29 is 9.47 Å². The van der Waals surface area contributed by atoms with Gasteiger partial charge in [0, 0.05) is 19.4 Å². The second kappa shape index (κ2) is 12.2. The van der Waals surface area contributed by atoms with Crippen LogP contribution >= 0.6 is 24.0 Å². The molecule has 2 aromatic carbocycles. The lowest BCUT2D eigenvalue weighted by atomic mass is 10.1. The smallest absolute Gasteiger partial charge is 0.191 e. The molecule has 0 saturated heterocycles. The van der Waals surface area contributed by atoms with Gasteiger partial charge in [-0.25, -0.2) is 4.68 Å². The fourth-order valence-electron chi connectivity index (χ4n) is 3.01. The van der Waals surface area contributed by atoms with E-state index < -0.39 is 0 Å². The first-order valence-corrected chi connectivity index (χ1v) is 9.97. The predicted molar refractivity (Wildman–Crippen MR) is 135 cm³/mol. The monoisotopic (exact) mass is 535 g/mol. The standard InChI is InChI=1S/C23H29N5O2.HI/c1-17(30-22-11-9-21(29-4)10-12-22)16-25-23(24-3)27-18(2)19-7-5-8-20(15-19)28-14-6-13-26-28;/h5-15,17-18H,16H2,1-4H3,(H2,24,25,27);1H. The average molecular weight is 535 g/mol. The third-order valence-corrected chi connectivity index (χ3v) is 4.67. The Morgan fingerprint density at radius 3 is 2.48 bits per heavy atom. The summed E-state index contributed by atoms with van der Waals surface area (Å²) >= 11 is 0. The maximum atomic E-state index is 5.94. The number of aliphatic imine (C=N–C) groups is 1. The third-order valence-electron chi connectivity index (χ3n) is 4.67. The van der Waals surface area contributed by atoms with Crippen LogP contribution in [0.15, 0.2) is 72.0 Å². The van der Waals surface area contributed by atoms with Gasteiger partial charge < -0.3 is 20.1 Å². The Morgan fingerprint density at radius 2 is 1.84 bits per heavy atom. The molecular weight excluding hydrogens is 505 g/mol. The molecule has 3 rings (SSSR count). The molecule has 2 N–H and O–H groups in total. The minimum atomic E-state index is -0.0320. The molecule has 8 heteroatoms. The number of hydrogen-bond acceptors (Lipinski definition) is 4. The summed E-state index contributed by atoms with van der Waals surface area (Å²) in [6.45, 7) is 4.74. The maximum absolute atomic E-state index is 5.94. The van der Waals surface area contributed by atoms with Crippen LogP contribution < -0.4 is 20.1 Å². The summed E-state index contributed by atoms with van der Waals surface area (Å²) in [6.07, 6.45) is 3.67. The molecule has 31 heavy (non-hydrogen) atoms. The van der Waals surface area contributed by atoms with Crippen molar-refractivity contribution >= 4 is 29.9 Å². The SMILES string of the molecule is CN=C(NCC(C)Oc1ccc(OC)cc1)NC(C)c1cccc(-n2cccn2)c1.I. The van der Waals surface area contributed by atoms with Gasteiger partial charge in [0.1, 0.15) is 17.6 Å². The fourth-order valence-corrected chi connectivity index (χ4v) is 3.01. The summed E-state index contributed by atoms with van der Waals surface area (Å²) in [4.78, 5) is 4.33. The van der Waals surface area contributed by atoms with E-state index in [1.165, 1.54) is 0 Å². The van der Waals surface area contributed by atoms with E-state index in [4.69, 9.17) is 9.47 Å². The van der Waals surface area contributed by atoms with Crippen LogP contribution in [0.4, 0.5) is 0 Å². The van der Waals surface area contributed by atoms with Gasteiger partial charge in [0.2, 0.25) is 0 Å². The first kappa shape index (κ1) is 24.5. The number of rotatable bonds is 8. The lowest BCUT2D eigenvalue weighted by Crippen LogP contribution is -2.42. The van der Waals surface area contributed by atoms with E-state index in [1.807, 2.05) is 60.3 Å². The largest absolute Gasteiger partial charge is 0.497 e. The Labute approximate surface area is 200 Å². The van der Waals surface area contributed by atoms with Crippen molar-refractivity contribution in [2.45, 2.75) is 26.0 Å². The molecule has 3 aromatic rings. The maximum Gasteiger partial charge on any atom is 0.191 e. The number of hydrogen-bond donors (Lipinski definition) is 2. The minimum Gasteiger partial charge on any atom is -0.497 e. The van der Waals surface area contributed by atoms with E-state index in [-0.39, 0.29) is 36.1 Å². The number of nitrogens with zero attached hydrogens (tertiary/aromatic N) is 3. The second-order valence-electron chi connectivity index (χ2n) is 6.97. The van der Waals surface area contributed by atoms with Gasteiger partial charge in [0.05, 0.1) is 25.4 Å². The first-order chi connectivity index (χ1) is 14.6. The fraction of sp³-hybridized carbons (Fsp3) is 0.304. The highest BCUT2D eigenvalue weighted by Crippen LogP contribution is 2.18. The van der Waals surface area contributed by atoms with Crippen LogP contribution in [-0.4, -0.2) is 42.5 Å². The highest BCUT2D eigenvalue weighted by atomic mass is 127. The average Bonchev–Trinajstić information content (AvgIpc) is 3.32. The van der Waals surface area contributed by atoms with Gasteiger partial charge in [0.15, 0.2) is 5.96 Å². The van der Waals surface area contributed by atoms with Gasteiger partial charge in [-0.1, -0.05) is 12.1 Å². The lowest BCUT2D eigenvalue weighted by molar-refractivity contribution is 0.223. The summed E-state index contributed by atoms with van der Waals surface area (Å²) in [5.74, 6) is 2.33. The van der Waals surface area contributed by atoms with Gasteiger partial charge in [0.25, 0.3) is 0 Å². The van der Waals surface area contributed by atoms with Crippen molar-refractivity contribution in [3.63, 3.8) is 0 Å². The van der Waals surface area contributed by atoms with E-state index in [2.05, 4.69) is 39.8 Å². The summed E-state index contributed by atoms with van der Waals surface area (Å²) in [7, 11) is 3.41. The Kier molecular flexibility index (Phi) is 9.64. The molecule has 0 aliphatic heterocycles. The summed E-state index contributed by atoms with van der Waals surface area (Å²) < 4.78 is 13.0. The second-order valence-corrected chi connectivity index (χ2v) is 6.97. The third kappa shape index (κ3) is 7.16. The molecule has 0 spiro atoms. The van der Waals surface area contributed by atoms with Gasteiger partial charge in [-0.2, -0.15) is 5.10 Å². The van der Waals surface area contributed by atoms with Crippen molar-refractivity contribution in [2.75, 3.05) is 20.7 Å². The topological polar surface area (TPSA) is 72.7 Å². The van der Waals surface area contributed by atoms with Crippen LogP contribution in [-0.2, 0) is 0 Å². The number of nitrogens with one attached hydrogen (secondary N) is 2. The molecule has 166 valence electrons. The number of ether oxygens (including phenoxy) is 2. The number of halogens is 1. The van der Waals surface area contributed by atoms with Gasteiger partial charge in [-0.05, 0) is 61.9 Å². The van der Waals surface area contributed by atoms with Crippen molar-refractivity contribution in [3.8, 4) is 17.2 Å². The number of aromatic nitrogens is 2. The highest BCUT2D eigenvalue weighted by Gasteiger charge is 2.11. The molecule has 0 aliphatic rings. The molecule has 0 aliphatic carbocycles. The molecule has 7 nitrogen and oxygen atoms in total. The summed E-state index contributed by atoms with van der Waals surface area (Å²) in [5, 5.41) is 11.0. The van der Waals surface area contributed by atoms with E-state index in [1.54, 1.807) is 20.4 Å². The minimum absolute atomic E-state index is 0. The summed E-state index contributed by atoms with van der Waals surface area (Å²) in [5.41, 5.74) is 2.17. The molecule has 2 unspecified atom stereocenters. The van der Waals surface area contributed by atoms with Crippen LogP contribution in [0.3, 0.4) is 0 Å². The molecule has 0 radical (unpaired) electrons. The molecule has 0 fully saturated rings. The molecular formula is C23H30IN5O2. The molecule has 0 amide bonds. The Hall–Kier alpha value is -2.75. The zero-order valence-corrected chi connectivity index (χ0v) is 20.6. The lowest BCUT2D eigenvalue weighted by Gasteiger charge is -2.21. The quantitative estimate of drug-likeness (QED) is 0.257. The predicted octanol–water partition coefficient (Wildman–Crippen LogP) is 4.19. The molecule has 1 aromatic heterocycles.